The molecule has 2 atom stereocenters. The number of nitrogen functional groups attached to an aromatic ring is 1. The average molecular weight is 344 g/mol. The Morgan fingerprint density at radius 3 is 2.96 bits per heavy atom. The second kappa shape index (κ2) is 6.46. The molecule has 0 aromatic carbocycles. The molecule has 0 saturated carbocycles. The average Bonchev–Trinajstić information content (AvgIpc) is 3.19. The van der Waals surface area contributed by atoms with Gasteiger partial charge in [0.2, 0.25) is 0 Å². The Labute approximate surface area is 143 Å². The Bertz CT molecular complexity index is 817. The number of nitrogens with two attached hydrogens (primary N) is 1. The Morgan fingerprint density at radius 1 is 1.25 bits per heavy atom. The van der Waals surface area contributed by atoms with Crippen LogP contribution in [0.3, 0.4) is 0 Å². The lowest BCUT2D eigenvalue weighted by molar-refractivity contribution is 0.109. The van der Waals surface area contributed by atoms with E-state index in [-0.39, 0.29) is 6.04 Å². The highest BCUT2D eigenvalue weighted by atomic mass is 32.1. The number of aromatic nitrogens is 4. The molecule has 1 aliphatic rings. The number of thiophene rings is 1. The summed E-state index contributed by atoms with van der Waals surface area (Å²) in [6.07, 6.45) is 4.32. The van der Waals surface area contributed by atoms with Crippen molar-refractivity contribution in [2.75, 3.05) is 18.8 Å². The summed E-state index contributed by atoms with van der Waals surface area (Å²) in [6, 6.07) is 4.20. The molecule has 0 spiro atoms. The summed E-state index contributed by atoms with van der Waals surface area (Å²) in [5, 5.41) is 12.7. The minimum atomic E-state index is -0.424. The molecule has 7 nitrogen and oxygen atoms in total. The topological polar surface area (TPSA) is 93.1 Å². The zero-order valence-corrected chi connectivity index (χ0v) is 14.1. The lowest BCUT2D eigenvalue weighted by atomic mass is 10.1. The molecule has 1 aliphatic heterocycles. The number of fused-ring (bicyclic) bond motifs is 1. The van der Waals surface area contributed by atoms with E-state index in [1.807, 2.05) is 4.57 Å². The van der Waals surface area contributed by atoms with Crippen LogP contribution in [-0.4, -0.2) is 48.7 Å². The Hall–Kier alpha value is -2.03. The van der Waals surface area contributed by atoms with Crippen LogP contribution in [0.2, 0.25) is 0 Å². The molecule has 0 aliphatic carbocycles. The predicted octanol–water partition coefficient (Wildman–Crippen LogP) is 1.67. The number of aliphatic hydroxyl groups is 1. The van der Waals surface area contributed by atoms with Crippen LogP contribution < -0.4 is 5.73 Å². The lowest BCUT2D eigenvalue weighted by Gasteiger charge is -2.21. The molecule has 24 heavy (non-hydrogen) atoms. The molecule has 8 heteroatoms. The van der Waals surface area contributed by atoms with Crippen LogP contribution in [0.15, 0.2) is 30.2 Å². The van der Waals surface area contributed by atoms with Crippen LogP contribution in [0.25, 0.3) is 11.2 Å². The van der Waals surface area contributed by atoms with Crippen molar-refractivity contribution in [3.05, 3.63) is 35.0 Å². The number of rotatable bonds is 3. The molecule has 0 unspecified atom stereocenters. The van der Waals surface area contributed by atoms with Crippen LogP contribution >= 0.6 is 11.3 Å². The number of likely N-dealkylation sites (tertiary alicyclic amines) is 1. The van der Waals surface area contributed by atoms with Gasteiger partial charge in [-0.1, -0.05) is 6.07 Å². The van der Waals surface area contributed by atoms with E-state index in [1.165, 1.54) is 11.2 Å². The summed E-state index contributed by atoms with van der Waals surface area (Å²) in [5.41, 5.74) is 7.16. The summed E-state index contributed by atoms with van der Waals surface area (Å²) >= 11 is 1.78. The maximum absolute atomic E-state index is 10.6. The lowest BCUT2D eigenvalue weighted by Crippen LogP contribution is -2.24. The quantitative estimate of drug-likeness (QED) is 0.751. The first-order valence-electron chi connectivity index (χ1n) is 8.08. The maximum atomic E-state index is 10.6. The van der Waals surface area contributed by atoms with E-state index in [2.05, 4.69) is 37.4 Å². The van der Waals surface area contributed by atoms with Gasteiger partial charge in [0.25, 0.3) is 0 Å². The molecule has 4 rings (SSSR count). The van der Waals surface area contributed by atoms with E-state index >= 15 is 0 Å². The second-order valence-corrected chi connectivity index (χ2v) is 7.18. The van der Waals surface area contributed by atoms with Gasteiger partial charge in [-0.05, 0) is 24.3 Å². The predicted molar refractivity (Wildman–Crippen MR) is 93.6 cm³/mol. The SMILES string of the molecule is Nc1ncnc2c1ncn2[C@H]1CCN(Cc2cccs2)CC[C@@H]1O. The van der Waals surface area contributed by atoms with Crippen LogP contribution in [0.4, 0.5) is 5.82 Å². The molecule has 1 saturated heterocycles. The Balaban J connectivity index is 1.55. The summed E-state index contributed by atoms with van der Waals surface area (Å²) in [5.74, 6) is 0.376. The first kappa shape index (κ1) is 15.5. The van der Waals surface area contributed by atoms with Crippen molar-refractivity contribution < 1.29 is 5.11 Å². The van der Waals surface area contributed by atoms with Gasteiger partial charge in [-0.15, -0.1) is 11.3 Å². The fourth-order valence-corrected chi connectivity index (χ4v) is 4.09. The fraction of sp³-hybridized carbons (Fsp3) is 0.438. The summed E-state index contributed by atoms with van der Waals surface area (Å²) in [4.78, 5) is 16.4. The Morgan fingerprint density at radius 2 is 2.12 bits per heavy atom. The normalized spacial score (nSPS) is 22.7. The molecule has 0 amide bonds. The highest BCUT2D eigenvalue weighted by molar-refractivity contribution is 7.09. The van der Waals surface area contributed by atoms with Crippen molar-refractivity contribution in [3.8, 4) is 0 Å². The molecule has 0 radical (unpaired) electrons. The van der Waals surface area contributed by atoms with Gasteiger partial charge in [0, 0.05) is 24.5 Å². The molecule has 3 aromatic rings. The molecule has 0 bridgehead atoms. The van der Waals surface area contributed by atoms with Crippen LogP contribution in [-0.2, 0) is 6.54 Å². The number of hydrogen-bond donors (Lipinski definition) is 2. The number of anilines is 1. The van der Waals surface area contributed by atoms with Gasteiger partial charge in [-0.3, -0.25) is 4.90 Å². The van der Waals surface area contributed by atoms with E-state index in [0.29, 0.717) is 17.0 Å². The third-order valence-electron chi connectivity index (χ3n) is 4.63. The smallest absolute Gasteiger partial charge is 0.165 e. The highest BCUT2D eigenvalue weighted by Crippen LogP contribution is 2.28. The molecule has 126 valence electrons. The van der Waals surface area contributed by atoms with Crippen molar-refractivity contribution in [2.45, 2.75) is 31.5 Å². The van der Waals surface area contributed by atoms with E-state index in [9.17, 15) is 5.11 Å². The third-order valence-corrected chi connectivity index (χ3v) is 5.49. The van der Waals surface area contributed by atoms with Crippen molar-refractivity contribution in [1.82, 2.24) is 24.4 Å². The van der Waals surface area contributed by atoms with Gasteiger partial charge in [0.05, 0.1) is 18.5 Å². The number of imidazole rings is 1. The first-order chi connectivity index (χ1) is 11.7. The minimum absolute atomic E-state index is 0.0439. The van der Waals surface area contributed by atoms with Crippen molar-refractivity contribution in [3.63, 3.8) is 0 Å². The van der Waals surface area contributed by atoms with Gasteiger partial charge in [0.1, 0.15) is 11.8 Å². The minimum Gasteiger partial charge on any atom is -0.391 e. The van der Waals surface area contributed by atoms with E-state index in [4.69, 9.17) is 5.73 Å². The zero-order valence-electron chi connectivity index (χ0n) is 13.2. The first-order valence-corrected chi connectivity index (χ1v) is 8.96. The number of nitrogens with zero attached hydrogens (tertiary/aromatic N) is 5. The van der Waals surface area contributed by atoms with E-state index in [0.717, 1.165) is 32.5 Å². The number of hydrogen-bond acceptors (Lipinski definition) is 7. The summed E-state index contributed by atoms with van der Waals surface area (Å²) in [6.45, 7) is 2.76. The van der Waals surface area contributed by atoms with Crippen LogP contribution in [0.5, 0.6) is 0 Å². The molecule has 4 heterocycles. The largest absolute Gasteiger partial charge is 0.391 e. The fourth-order valence-electron chi connectivity index (χ4n) is 3.34. The highest BCUT2D eigenvalue weighted by Gasteiger charge is 2.28. The zero-order chi connectivity index (χ0) is 16.5. The van der Waals surface area contributed by atoms with Gasteiger partial charge in [-0.25, -0.2) is 15.0 Å². The third kappa shape index (κ3) is 2.88. The molecular formula is C16H20N6OS. The standard InChI is InChI=1S/C16H20N6OS/c17-15-14-16(19-9-18-15)22(10-20-14)12-3-5-21(6-4-13(12)23)8-11-2-1-7-24-11/h1-2,7,9-10,12-13,23H,3-6,8H2,(H2,17,18,19)/t12-,13-/m0/s1. The Kier molecular flexibility index (Phi) is 4.17. The van der Waals surface area contributed by atoms with Crippen molar-refractivity contribution in [2.24, 2.45) is 0 Å². The summed E-state index contributed by atoms with van der Waals surface area (Å²) < 4.78 is 1.95. The van der Waals surface area contributed by atoms with E-state index in [1.54, 1.807) is 17.7 Å². The van der Waals surface area contributed by atoms with Gasteiger partial charge in [-0.2, -0.15) is 0 Å². The molecular weight excluding hydrogens is 324 g/mol. The summed E-state index contributed by atoms with van der Waals surface area (Å²) in [7, 11) is 0. The second-order valence-electron chi connectivity index (χ2n) is 6.15. The van der Waals surface area contributed by atoms with E-state index < -0.39 is 6.10 Å². The molecule has 1 fully saturated rings. The van der Waals surface area contributed by atoms with Gasteiger partial charge in [0.15, 0.2) is 11.5 Å². The van der Waals surface area contributed by atoms with Crippen molar-refractivity contribution >= 4 is 28.3 Å². The molecule has 3 aromatic heterocycles. The monoisotopic (exact) mass is 344 g/mol. The number of aliphatic hydroxyl groups excluding tert-OH is 1. The molecule has 3 N–H and O–H groups in total. The van der Waals surface area contributed by atoms with Crippen LogP contribution in [0.1, 0.15) is 23.8 Å². The maximum Gasteiger partial charge on any atom is 0.165 e. The van der Waals surface area contributed by atoms with Crippen LogP contribution in [0, 0.1) is 0 Å². The van der Waals surface area contributed by atoms with Gasteiger partial charge < -0.3 is 15.4 Å². The van der Waals surface area contributed by atoms with Gasteiger partial charge >= 0.3 is 0 Å². The van der Waals surface area contributed by atoms with Crippen molar-refractivity contribution in [1.29, 1.82) is 0 Å².